The number of pyridine rings is 1. The fourth-order valence-electron chi connectivity index (χ4n) is 7.35. The van der Waals surface area contributed by atoms with Crippen molar-refractivity contribution in [2.45, 2.75) is 32.4 Å². The monoisotopic (exact) mass is 682 g/mol. The van der Waals surface area contributed by atoms with E-state index in [9.17, 15) is 22.8 Å². The van der Waals surface area contributed by atoms with E-state index < -0.39 is 17.3 Å². The van der Waals surface area contributed by atoms with Crippen molar-refractivity contribution in [1.82, 2.24) is 35.2 Å². The maximum Gasteiger partial charge on any atom is 0.433 e. The lowest BCUT2D eigenvalue weighted by Crippen LogP contribution is -2.43. The molecular formula is C36H33F3N8O3. The standard InChI is InChI=1S/C36H33F3N8O3/c1-22-41-44-33(50-22)25-4-2-23(3-5-25)24-9-14-46(15-10-24)31(48)20-45-16-11-35(21-45)12-17-47(34(35)49)27-6-7-29-28(19-27)32(43-42-29)26-8-13-40-30(18-26)36(37,38)39/h2-9,13,18-19H,10-12,14-17,20-21H2,1H3,(H,42,43)/t35-/m0/s1. The summed E-state index contributed by atoms with van der Waals surface area (Å²) in [5, 5.41) is 15.7. The van der Waals surface area contributed by atoms with Gasteiger partial charge in [0.1, 0.15) is 11.4 Å². The number of aryl methyl sites for hydroxylation is 1. The molecular weight excluding hydrogens is 649 g/mol. The highest BCUT2D eigenvalue weighted by Gasteiger charge is 2.51. The summed E-state index contributed by atoms with van der Waals surface area (Å²) in [5.74, 6) is 1.05. The van der Waals surface area contributed by atoms with Gasteiger partial charge in [0.15, 0.2) is 0 Å². The zero-order chi connectivity index (χ0) is 34.6. The number of benzene rings is 2. The zero-order valence-electron chi connectivity index (χ0n) is 27.2. The minimum Gasteiger partial charge on any atom is -0.421 e. The summed E-state index contributed by atoms with van der Waals surface area (Å²) in [6.07, 6.45) is 0.705. The van der Waals surface area contributed by atoms with E-state index >= 15 is 0 Å². The van der Waals surface area contributed by atoms with Crippen molar-refractivity contribution < 1.29 is 27.2 Å². The van der Waals surface area contributed by atoms with Crippen molar-refractivity contribution >= 4 is 34.0 Å². The molecule has 0 unspecified atom stereocenters. The first kappa shape index (κ1) is 31.9. The minimum atomic E-state index is -4.58. The van der Waals surface area contributed by atoms with Gasteiger partial charge in [-0.1, -0.05) is 18.2 Å². The number of likely N-dealkylation sites (tertiary alicyclic amines) is 1. The Balaban J connectivity index is 0.903. The molecule has 5 aromatic rings. The molecule has 1 N–H and O–H groups in total. The molecule has 0 saturated carbocycles. The number of amides is 2. The summed E-state index contributed by atoms with van der Waals surface area (Å²) in [6, 6.07) is 15.9. The average molecular weight is 683 g/mol. The number of carbonyl (C=O) groups is 2. The third-order valence-corrected chi connectivity index (χ3v) is 10.1. The van der Waals surface area contributed by atoms with Crippen LogP contribution in [0.2, 0.25) is 0 Å². The van der Waals surface area contributed by atoms with Gasteiger partial charge in [0, 0.05) is 61.5 Å². The van der Waals surface area contributed by atoms with Gasteiger partial charge in [-0.05, 0) is 79.4 Å². The van der Waals surface area contributed by atoms with E-state index in [4.69, 9.17) is 4.42 Å². The lowest BCUT2D eigenvalue weighted by molar-refractivity contribution is -0.141. The maximum absolute atomic E-state index is 13.9. The molecule has 3 aliphatic heterocycles. The summed E-state index contributed by atoms with van der Waals surface area (Å²) < 4.78 is 45.5. The summed E-state index contributed by atoms with van der Waals surface area (Å²) in [4.78, 5) is 36.5. The number of nitrogens with one attached hydrogen (secondary N) is 1. The van der Waals surface area contributed by atoms with Gasteiger partial charge in [0.2, 0.25) is 23.6 Å². The van der Waals surface area contributed by atoms with E-state index in [1.807, 2.05) is 35.2 Å². The van der Waals surface area contributed by atoms with Crippen LogP contribution in [-0.2, 0) is 15.8 Å². The Labute approximate surface area is 284 Å². The highest BCUT2D eigenvalue weighted by Crippen LogP contribution is 2.43. The van der Waals surface area contributed by atoms with Crippen LogP contribution in [-0.4, -0.2) is 86.3 Å². The summed E-state index contributed by atoms with van der Waals surface area (Å²) >= 11 is 0. The molecule has 50 heavy (non-hydrogen) atoms. The van der Waals surface area contributed by atoms with Gasteiger partial charge in [0.25, 0.3) is 0 Å². The van der Waals surface area contributed by atoms with Crippen molar-refractivity contribution in [2.75, 3.05) is 44.2 Å². The number of alkyl halides is 3. The molecule has 2 amide bonds. The van der Waals surface area contributed by atoms with E-state index in [1.165, 1.54) is 11.6 Å². The Hall–Kier alpha value is -5.37. The van der Waals surface area contributed by atoms with Gasteiger partial charge in [-0.2, -0.15) is 18.3 Å². The largest absolute Gasteiger partial charge is 0.433 e. The Morgan fingerprint density at radius 1 is 0.980 bits per heavy atom. The lowest BCUT2D eigenvalue weighted by Gasteiger charge is -2.29. The van der Waals surface area contributed by atoms with Gasteiger partial charge in [-0.25, -0.2) is 0 Å². The van der Waals surface area contributed by atoms with Crippen molar-refractivity contribution in [2.24, 2.45) is 5.41 Å². The second kappa shape index (κ2) is 12.2. The van der Waals surface area contributed by atoms with Crippen LogP contribution in [0.4, 0.5) is 18.9 Å². The molecule has 14 heteroatoms. The molecule has 2 fully saturated rings. The second-order valence-electron chi connectivity index (χ2n) is 13.2. The van der Waals surface area contributed by atoms with Crippen molar-refractivity contribution in [1.29, 1.82) is 0 Å². The summed E-state index contributed by atoms with van der Waals surface area (Å²) in [6.45, 7) is 4.84. The number of halogens is 3. The van der Waals surface area contributed by atoms with Gasteiger partial charge in [0.05, 0.1) is 17.5 Å². The van der Waals surface area contributed by atoms with Crippen LogP contribution in [0, 0.1) is 12.3 Å². The molecule has 3 aliphatic rings. The lowest BCUT2D eigenvalue weighted by atomic mass is 9.85. The topological polar surface area (TPSA) is 124 Å². The van der Waals surface area contributed by atoms with Crippen molar-refractivity contribution in [3.05, 3.63) is 84.0 Å². The van der Waals surface area contributed by atoms with Crippen LogP contribution in [0.25, 0.3) is 39.2 Å². The van der Waals surface area contributed by atoms with E-state index in [2.05, 4.69) is 36.4 Å². The van der Waals surface area contributed by atoms with E-state index in [1.54, 1.807) is 24.0 Å². The van der Waals surface area contributed by atoms with Crippen LogP contribution in [0.15, 0.2) is 71.3 Å². The summed E-state index contributed by atoms with van der Waals surface area (Å²) in [7, 11) is 0. The number of aromatic amines is 1. The van der Waals surface area contributed by atoms with Crippen LogP contribution in [0.1, 0.15) is 36.4 Å². The van der Waals surface area contributed by atoms with E-state index in [0.717, 1.165) is 29.8 Å². The second-order valence-corrected chi connectivity index (χ2v) is 13.2. The molecule has 3 aromatic heterocycles. The number of anilines is 1. The number of aromatic nitrogens is 5. The molecule has 0 aliphatic carbocycles. The predicted octanol–water partition coefficient (Wildman–Crippen LogP) is 5.75. The molecule has 6 heterocycles. The number of H-pyrrole nitrogens is 1. The Bertz CT molecular complexity index is 2140. The number of fused-ring (bicyclic) bond motifs is 1. The molecule has 1 atom stereocenters. The third kappa shape index (κ3) is 5.82. The SMILES string of the molecule is Cc1nnc(-c2ccc(C3=CCN(C(=O)CN4CC[C@]5(CCN(c6ccc7[nH]nc(-c8ccnc(C(F)(F)F)c8)c7c6)C5=O)C4)CC3)cc2)o1. The van der Waals surface area contributed by atoms with Gasteiger partial charge >= 0.3 is 6.18 Å². The molecule has 8 rings (SSSR count). The Morgan fingerprint density at radius 3 is 2.52 bits per heavy atom. The van der Waals surface area contributed by atoms with Crippen LogP contribution in [0.3, 0.4) is 0 Å². The number of nitrogens with zero attached hydrogens (tertiary/aromatic N) is 7. The van der Waals surface area contributed by atoms with E-state index in [0.29, 0.717) is 79.6 Å². The number of carbonyl (C=O) groups excluding carboxylic acids is 2. The normalized spacial score (nSPS) is 20.0. The minimum absolute atomic E-state index is 0.00547. The molecule has 0 radical (unpaired) electrons. The first-order valence-corrected chi connectivity index (χ1v) is 16.5. The highest BCUT2D eigenvalue weighted by atomic mass is 19.4. The fraction of sp³-hybridized carbons (Fsp3) is 0.333. The smallest absolute Gasteiger partial charge is 0.421 e. The van der Waals surface area contributed by atoms with Gasteiger partial charge in [-0.3, -0.25) is 24.6 Å². The molecule has 0 bridgehead atoms. The molecule has 256 valence electrons. The third-order valence-electron chi connectivity index (χ3n) is 10.1. The van der Waals surface area contributed by atoms with Crippen LogP contribution >= 0.6 is 0 Å². The quantitative estimate of drug-likeness (QED) is 0.240. The zero-order valence-corrected chi connectivity index (χ0v) is 27.2. The van der Waals surface area contributed by atoms with Crippen LogP contribution < -0.4 is 4.90 Å². The molecule has 2 aromatic carbocycles. The Morgan fingerprint density at radius 2 is 1.78 bits per heavy atom. The van der Waals surface area contributed by atoms with Crippen molar-refractivity contribution in [3.8, 4) is 22.7 Å². The maximum atomic E-state index is 13.9. The number of rotatable bonds is 6. The molecule has 1 spiro atoms. The Kier molecular flexibility index (Phi) is 7.77. The van der Waals surface area contributed by atoms with Crippen LogP contribution in [0.5, 0.6) is 0 Å². The first-order chi connectivity index (χ1) is 24.1. The van der Waals surface area contributed by atoms with Crippen molar-refractivity contribution in [3.63, 3.8) is 0 Å². The first-order valence-electron chi connectivity index (χ1n) is 16.5. The van der Waals surface area contributed by atoms with Gasteiger partial charge in [-0.15, -0.1) is 10.2 Å². The molecule has 11 nitrogen and oxygen atoms in total. The van der Waals surface area contributed by atoms with Gasteiger partial charge < -0.3 is 14.2 Å². The fourth-order valence-corrected chi connectivity index (χ4v) is 7.35. The highest BCUT2D eigenvalue weighted by molar-refractivity contribution is 6.03. The summed E-state index contributed by atoms with van der Waals surface area (Å²) in [5.41, 5.74) is 3.51. The van der Waals surface area contributed by atoms with E-state index in [-0.39, 0.29) is 23.9 Å². The number of hydrogen-bond donors (Lipinski definition) is 1. The predicted molar refractivity (Wildman–Crippen MR) is 178 cm³/mol. The average Bonchev–Trinajstić information content (AvgIpc) is 3.92. The number of hydrogen-bond acceptors (Lipinski definition) is 8. The molecule has 2 saturated heterocycles.